The third-order valence-electron chi connectivity index (χ3n) is 6.83. The summed E-state index contributed by atoms with van der Waals surface area (Å²) in [7, 11) is 0. The Morgan fingerprint density at radius 3 is 2.05 bits per heavy atom. The van der Waals surface area contributed by atoms with Crippen molar-refractivity contribution in [1.82, 2.24) is 9.80 Å². The van der Waals surface area contributed by atoms with Crippen LogP contribution in [0.3, 0.4) is 0 Å². The predicted molar refractivity (Wildman–Crippen MR) is 175 cm³/mol. The van der Waals surface area contributed by atoms with Crippen molar-refractivity contribution in [1.29, 1.82) is 0 Å². The molecule has 2 aromatic carbocycles. The molecule has 0 radical (unpaired) electrons. The van der Waals surface area contributed by atoms with Gasteiger partial charge in [0.1, 0.15) is 0 Å². The number of esters is 1. The molecule has 0 atom stereocenters. The summed E-state index contributed by atoms with van der Waals surface area (Å²) in [6, 6.07) is 16.8. The first-order valence-corrected chi connectivity index (χ1v) is 16.3. The zero-order valence-corrected chi connectivity index (χ0v) is 26.9. The maximum absolute atomic E-state index is 11.8. The highest BCUT2D eigenvalue weighted by Gasteiger charge is 2.12. The molecule has 0 bridgehead atoms. The monoisotopic (exact) mass is 566 g/mol. The van der Waals surface area contributed by atoms with E-state index in [1.165, 1.54) is 60.4 Å². The summed E-state index contributed by atoms with van der Waals surface area (Å²) in [5, 5.41) is 0. The van der Waals surface area contributed by atoms with E-state index in [0.29, 0.717) is 18.1 Å². The number of thioether (sulfide) groups is 1. The number of hydrogen-bond donors (Lipinski definition) is 0. The van der Waals surface area contributed by atoms with Crippen LogP contribution in [-0.4, -0.2) is 54.3 Å². The molecule has 0 aromatic heterocycles. The Bertz CT molecular complexity index is 979. The number of ether oxygens (including phenoxy) is 1. The first-order valence-electron chi connectivity index (χ1n) is 15.3. The Balaban J connectivity index is 0.000000280. The number of nitrogens with zero attached hydrogens (tertiary/aromatic N) is 2. The highest BCUT2D eigenvalue weighted by molar-refractivity contribution is 8.08. The molecule has 1 fully saturated rings. The van der Waals surface area contributed by atoms with Gasteiger partial charge in [0, 0.05) is 24.5 Å². The van der Waals surface area contributed by atoms with E-state index in [1.807, 2.05) is 49.9 Å². The Hall–Kier alpha value is -2.08. The first-order chi connectivity index (χ1) is 19.2. The Morgan fingerprint density at radius 1 is 0.900 bits per heavy atom. The third kappa shape index (κ3) is 13.5. The predicted octanol–water partition coefficient (Wildman–Crippen LogP) is 8.76. The van der Waals surface area contributed by atoms with E-state index < -0.39 is 0 Å². The summed E-state index contributed by atoms with van der Waals surface area (Å²) in [6.07, 6.45) is 5.17. The Morgan fingerprint density at radius 2 is 1.50 bits per heavy atom. The first kappa shape index (κ1) is 34.1. The Labute approximate surface area is 249 Å². The molecule has 0 spiro atoms. The molecule has 1 aliphatic heterocycles. The number of carbonyl (C=O) groups excluding carboxylic acids is 1. The zero-order valence-electron chi connectivity index (χ0n) is 26.1. The van der Waals surface area contributed by atoms with E-state index in [1.54, 1.807) is 0 Å². The lowest BCUT2D eigenvalue weighted by atomic mass is 10.1. The molecule has 222 valence electrons. The molecule has 40 heavy (non-hydrogen) atoms. The lowest BCUT2D eigenvalue weighted by Crippen LogP contribution is -2.29. The van der Waals surface area contributed by atoms with Gasteiger partial charge in [0.15, 0.2) is 0 Å². The number of rotatable bonds is 14. The fraction of sp³-hybridized carbons (Fsp3) is 0.571. The molecule has 3 rings (SSSR count). The van der Waals surface area contributed by atoms with Crippen LogP contribution < -0.4 is 0 Å². The van der Waals surface area contributed by atoms with Crippen molar-refractivity contribution < 1.29 is 9.53 Å². The minimum Gasteiger partial charge on any atom is -0.462 e. The summed E-state index contributed by atoms with van der Waals surface area (Å²) >= 11 is 1.86. The molecule has 0 amide bonds. The van der Waals surface area contributed by atoms with Gasteiger partial charge < -0.3 is 4.74 Å². The van der Waals surface area contributed by atoms with Crippen molar-refractivity contribution in [2.24, 2.45) is 11.8 Å². The maximum Gasteiger partial charge on any atom is 0.338 e. The second-order valence-electron chi connectivity index (χ2n) is 11.7. The lowest BCUT2D eigenvalue weighted by molar-refractivity contribution is 0.0459. The zero-order chi connectivity index (χ0) is 29.3. The molecular weight excluding hydrogens is 512 g/mol. The van der Waals surface area contributed by atoms with Crippen molar-refractivity contribution in [3.8, 4) is 0 Å². The van der Waals surface area contributed by atoms with Crippen molar-refractivity contribution in [3.63, 3.8) is 0 Å². The number of piperidine rings is 1. The van der Waals surface area contributed by atoms with E-state index in [4.69, 9.17) is 4.74 Å². The van der Waals surface area contributed by atoms with E-state index in [-0.39, 0.29) is 5.97 Å². The third-order valence-corrected chi connectivity index (χ3v) is 8.02. The van der Waals surface area contributed by atoms with E-state index in [9.17, 15) is 4.79 Å². The van der Waals surface area contributed by atoms with Crippen molar-refractivity contribution in [2.75, 3.05) is 38.5 Å². The van der Waals surface area contributed by atoms with Gasteiger partial charge in [-0.3, -0.25) is 9.80 Å². The normalized spacial score (nSPS) is 13.8. The van der Waals surface area contributed by atoms with Crippen molar-refractivity contribution in [2.45, 2.75) is 80.3 Å². The van der Waals surface area contributed by atoms with Gasteiger partial charge in [-0.05, 0) is 85.3 Å². The van der Waals surface area contributed by atoms with Gasteiger partial charge in [-0.2, -0.15) is 0 Å². The quantitative estimate of drug-likeness (QED) is 0.213. The maximum atomic E-state index is 11.8. The highest BCUT2D eigenvalue weighted by atomic mass is 32.2. The second-order valence-corrected chi connectivity index (χ2v) is 12.9. The molecule has 0 aliphatic carbocycles. The molecule has 4 nitrogen and oxygen atoms in total. The van der Waals surface area contributed by atoms with E-state index in [0.717, 1.165) is 37.8 Å². The van der Waals surface area contributed by atoms with Crippen LogP contribution >= 0.6 is 11.8 Å². The van der Waals surface area contributed by atoms with Crippen LogP contribution in [-0.2, 0) is 17.8 Å². The Kier molecular flexibility index (Phi) is 16.3. The molecule has 0 unspecified atom stereocenters. The van der Waals surface area contributed by atoms with E-state index >= 15 is 0 Å². The molecule has 2 aromatic rings. The summed E-state index contributed by atoms with van der Waals surface area (Å²) in [6.45, 7) is 24.4. The van der Waals surface area contributed by atoms with Crippen LogP contribution in [0.15, 0.2) is 55.1 Å². The number of likely N-dealkylation sites (tertiary alicyclic amines) is 1. The minimum atomic E-state index is -0.219. The van der Waals surface area contributed by atoms with Gasteiger partial charge >= 0.3 is 5.97 Å². The minimum absolute atomic E-state index is 0.219. The molecule has 1 heterocycles. The van der Waals surface area contributed by atoms with Gasteiger partial charge in [-0.25, -0.2) is 4.79 Å². The van der Waals surface area contributed by atoms with Gasteiger partial charge in [0.2, 0.25) is 0 Å². The number of hydrogen-bond acceptors (Lipinski definition) is 5. The fourth-order valence-electron chi connectivity index (χ4n) is 4.63. The molecular formula is C35H54N2O2S. The number of carbonyl (C=O) groups is 1. The van der Waals surface area contributed by atoms with Gasteiger partial charge in [0.25, 0.3) is 0 Å². The largest absolute Gasteiger partial charge is 0.462 e. The highest BCUT2D eigenvalue weighted by Crippen LogP contribution is 2.26. The summed E-state index contributed by atoms with van der Waals surface area (Å²) < 4.78 is 5.23. The van der Waals surface area contributed by atoms with Crippen LogP contribution in [0.5, 0.6) is 0 Å². The molecule has 1 aliphatic rings. The van der Waals surface area contributed by atoms with Crippen molar-refractivity contribution >= 4 is 22.6 Å². The average molecular weight is 567 g/mol. The lowest BCUT2D eigenvalue weighted by Gasteiger charge is -2.26. The summed E-state index contributed by atoms with van der Waals surface area (Å²) in [5.41, 5.74) is 4.57. The van der Waals surface area contributed by atoms with Gasteiger partial charge in [-0.1, -0.05) is 90.9 Å². The molecule has 0 saturated carbocycles. The van der Waals surface area contributed by atoms with Crippen LogP contribution in [0.4, 0.5) is 0 Å². The van der Waals surface area contributed by atoms with Gasteiger partial charge in [-0.15, -0.1) is 11.8 Å². The van der Waals surface area contributed by atoms with Crippen LogP contribution in [0.1, 0.15) is 94.3 Å². The smallest absolute Gasteiger partial charge is 0.338 e. The standard InChI is InChI=1S/C18H29NS.C17H25NO2/c1-6-12-20-16(5)18-10-8-17(9-11-18)14-19(7-2)13-15(3)4;1-14(2)13-20-17(19)16-8-6-15(7-9-16)12-18-10-4-3-5-11-18/h8-11,15H,5-7,12-14H2,1-4H3;6-9,14H,3-5,10-13H2,1-2H3. The fourth-order valence-corrected chi connectivity index (χ4v) is 5.39. The molecule has 0 N–H and O–H groups in total. The summed E-state index contributed by atoms with van der Waals surface area (Å²) in [5.74, 6) is 2.03. The molecule has 1 saturated heterocycles. The van der Waals surface area contributed by atoms with E-state index in [2.05, 4.69) is 68.3 Å². The van der Waals surface area contributed by atoms with Crippen LogP contribution in [0, 0.1) is 11.8 Å². The average Bonchev–Trinajstić information content (AvgIpc) is 2.95. The van der Waals surface area contributed by atoms with Crippen LogP contribution in [0.2, 0.25) is 0 Å². The topological polar surface area (TPSA) is 32.8 Å². The van der Waals surface area contributed by atoms with Crippen molar-refractivity contribution in [3.05, 3.63) is 77.4 Å². The summed E-state index contributed by atoms with van der Waals surface area (Å²) in [4.78, 5) is 18.0. The van der Waals surface area contributed by atoms with Gasteiger partial charge in [0.05, 0.1) is 12.2 Å². The SMILES string of the molecule is C=C(SCCC)c1ccc(CN(CC)CC(C)C)cc1.CC(C)COC(=O)c1ccc(CN2CCCCC2)cc1. The number of benzene rings is 2. The van der Waals surface area contributed by atoms with Crippen LogP contribution in [0.25, 0.3) is 4.91 Å². The molecule has 5 heteroatoms. The second kappa shape index (κ2) is 19.1.